The van der Waals surface area contributed by atoms with E-state index in [1.165, 1.54) is 12.3 Å². The maximum absolute atomic E-state index is 13.0. The Kier molecular flexibility index (Phi) is 3.15. The first-order valence-corrected chi connectivity index (χ1v) is 5.29. The van der Waals surface area contributed by atoms with Crippen LogP contribution in [0, 0.1) is 19.7 Å². The van der Waals surface area contributed by atoms with E-state index in [9.17, 15) is 9.50 Å². The topological polar surface area (TPSA) is 46.0 Å². The minimum absolute atomic E-state index is 0.407. The largest absolute Gasteiger partial charge is 0.382 e. The van der Waals surface area contributed by atoms with Crippen molar-refractivity contribution in [3.05, 3.63) is 58.9 Å². The summed E-state index contributed by atoms with van der Waals surface area (Å²) >= 11 is 0. The summed E-state index contributed by atoms with van der Waals surface area (Å²) in [5, 5.41) is 10.1. The van der Waals surface area contributed by atoms with Crippen molar-refractivity contribution in [1.82, 2.24) is 9.97 Å². The average Bonchev–Trinajstić information content (AvgIpc) is 2.28. The van der Waals surface area contributed by atoms with Crippen LogP contribution in [0.5, 0.6) is 0 Å². The molecule has 0 aliphatic heterocycles. The molecular formula is C13H13FN2O. The molecule has 2 aromatic rings. The van der Waals surface area contributed by atoms with Gasteiger partial charge in [0.25, 0.3) is 0 Å². The van der Waals surface area contributed by atoms with Crippen molar-refractivity contribution in [2.75, 3.05) is 0 Å². The first-order valence-electron chi connectivity index (χ1n) is 5.29. The number of aryl methyl sites for hydroxylation is 2. The van der Waals surface area contributed by atoms with Crippen molar-refractivity contribution in [1.29, 1.82) is 0 Å². The first kappa shape index (κ1) is 11.7. The monoisotopic (exact) mass is 232 g/mol. The lowest BCUT2D eigenvalue weighted by Gasteiger charge is -2.13. The van der Waals surface area contributed by atoms with Crippen molar-refractivity contribution in [2.24, 2.45) is 0 Å². The molecule has 0 amide bonds. The number of hydrogen-bond donors (Lipinski definition) is 1. The van der Waals surface area contributed by atoms with Crippen LogP contribution in [0.4, 0.5) is 4.39 Å². The molecule has 17 heavy (non-hydrogen) atoms. The smallest absolute Gasteiger partial charge is 0.141 e. The number of pyridine rings is 2. The number of nitrogens with zero attached hydrogens (tertiary/aromatic N) is 2. The van der Waals surface area contributed by atoms with Crippen LogP contribution in [-0.2, 0) is 0 Å². The van der Waals surface area contributed by atoms with Crippen molar-refractivity contribution < 1.29 is 9.50 Å². The van der Waals surface area contributed by atoms with Gasteiger partial charge in [0, 0.05) is 18.0 Å². The van der Waals surface area contributed by atoms with Gasteiger partial charge in [-0.25, -0.2) is 4.39 Å². The second-order valence-electron chi connectivity index (χ2n) is 4.05. The van der Waals surface area contributed by atoms with Crippen LogP contribution >= 0.6 is 0 Å². The maximum Gasteiger partial charge on any atom is 0.141 e. The second-order valence-corrected chi connectivity index (χ2v) is 4.05. The standard InChI is InChI=1S/C13H13FN2O/c1-8-3-9(2)12(16-5-8)13(17)10-4-11(14)7-15-6-10/h3-7,13,17H,1-2H3. The molecule has 88 valence electrons. The van der Waals surface area contributed by atoms with E-state index in [2.05, 4.69) is 9.97 Å². The van der Waals surface area contributed by atoms with Crippen molar-refractivity contribution in [2.45, 2.75) is 20.0 Å². The van der Waals surface area contributed by atoms with Crippen molar-refractivity contribution in [3.63, 3.8) is 0 Å². The highest BCUT2D eigenvalue weighted by atomic mass is 19.1. The first-order chi connectivity index (χ1) is 8.08. The Morgan fingerprint density at radius 2 is 1.94 bits per heavy atom. The zero-order valence-corrected chi connectivity index (χ0v) is 9.68. The normalized spacial score (nSPS) is 12.5. The molecule has 0 aliphatic rings. The minimum Gasteiger partial charge on any atom is -0.382 e. The molecule has 0 saturated heterocycles. The van der Waals surface area contributed by atoms with Crippen LogP contribution < -0.4 is 0 Å². The molecule has 0 fully saturated rings. The van der Waals surface area contributed by atoms with Crippen LogP contribution in [0.1, 0.15) is 28.5 Å². The molecule has 1 unspecified atom stereocenters. The summed E-state index contributed by atoms with van der Waals surface area (Å²) in [5.74, 6) is -0.466. The predicted molar refractivity (Wildman–Crippen MR) is 62.0 cm³/mol. The van der Waals surface area contributed by atoms with Crippen LogP contribution in [0.25, 0.3) is 0 Å². The number of halogens is 1. The summed E-state index contributed by atoms with van der Waals surface area (Å²) in [5.41, 5.74) is 2.84. The molecule has 2 rings (SSSR count). The van der Waals surface area contributed by atoms with Crippen molar-refractivity contribution in [3.8, 4) is 0 Å². The second kappa shape index (κ2) is 4.59. The predicted octanol–water partition coefficient (Wildman–Crippen LogP) is 2.31. The fraction of sp³-hybridized carbons (Fsp3) is 0.231. The highest BCUT2D eigenvalue weighted by molar-refractivity contribution is 5.31. The van der Waals surface area contributed by atoms with Crippen LogP contribution in [0.2, 0.25) is 0 Å². The number of aliphatic hydroxyl groups is 1. The van der Waals surface area contributed by atoms with Gasteiger partial charge in [-0.15, -0.1) is 0 Å². The Morgan fingerprint density at radius 1 is 1.18 bits per heavy atom. The van der Waals surface area contributed by atoms with E-state index in [-0.39, 0.29) is 0 Å². The number of rotatable bonds is 2. The fourth-order valence-corrected chi connectivity index (χ4v) is 1.75. The minimum atomic E-state index is -0.946. The summed E-state index contributed by atoms with van der Waals surface area (Å²) in [7, 11) is 0. The molecule has 0 saturated carbocycles. The van der Waals surface area contributed by atoms with Gasteiger partial charge >= 0.3 is 0 Å². The summed E-state index contributed by atoms with van der Waals surface area (Å²) in [6.07, 6.45) is 3.28. The Hall–Kier alpha value is -1.81. The molecule has 4 heteroatoms. The van der Waals surface area contributed by atoms with E-state index < -0.39 is 11.9 Å². The van der Waals surface area contributed by atoms with Crippen LogP contribution in [0.15, 0.2) is 30.7 Å². The summed E-state index contributed by atoms with van der Waals surface area (Å²) in [6, 6.07) is 3.19. The van der Waals surface area contributed by atoms with E-state index in [1.54, 1.807) is 6.20 Å². The molecule has 3 nitrogen and oxygen atoms in total. The summed E-state index contributed by atoms with van der Waals surface area (Å²) in [4.78, 5) is 7.90. The van der Waals surface area contributed by atoms with Gasteiger partial charge in [-0.3, -0.25) is 9.97 Å². The van der Waals surface area contributed by atoms with E-state index in [1.807, 2.05) is 19.9 Å². The fourth-order valence-electron chi connectivity index (χ4n) is 1.75. The van der Waals surface area contributed by atoms with E-state index in [4.69, 9.17) is 0 Å². The highest BCUT2D eigenvalue weighted by Gasteiger charge is 2.15. The molecule has 0 aliphatic carbocycles. The summed E-state index contributed by atoms with van der Waals surface area (Å²) in [6.45, 7) is 3.80. The quantitative estimate of drug-likeness (QED) is 0.864. The molecular weight excluding hydrogens is 219 g/mol. The Morgan fingerprint density at radius 3 is 2.59 bits per heavy atom. The lowest BCUT2D eigenvalue weighted by atomic mass is 10.0. The zero-order chi connectivity index (χ0) is 12.4. The third-order valence-electron chi connectivity index (χ3n) is 2.56. The molecule has 0 radical (unpaired) electrons. The van der Waals surface area contributed by atoms with Gasteiger partial charge in [-0.1, -0.05) is 6.07 Å². The van der Waals surface area contributed by atoms with Gasteiger partial charge in [0.05, 0.1) is 11.9 Å². The van der Waals surface area contributed by atoms with Crippen LogP contribution in [0.3, 0.4) is 0 Å². The molecule has 0 bridgehead atoms. The van der Waals surface area contributed by atoms with E-state index in [0.29, 0.717) is 11.3 Å². The SMILES string of the molecule is Cc1cnc(C(O)c2cncc(F)c2)c(C)c1. The maximum atomic E-state index is 13.0. The lowest BCUT2D eigenvalue weighted by Crippen LogP contribution is -2.06. The van der Waals surface area contributed by atoms with Gasteiger partial charge < -0.3 is 5.11 Å². The van der Waals surface area contributed by atoms with Gasteiger partial charge in [0.1, 0.15) is 11.9 Å². The third-order valence-corrected chi connectivity index (χ3v) is 2.56. The Bertz CT molecular complexity index is 543. The van der Waals surface area contributed by atoms with Crippen molar-refractivity contribution >= 4 is 0 Å². The van der Waals surface area contributed by atoms with Gasteiger partial charge in [0.2, 0.25) is 0 Å². The Labute approximate surface area is 99.0 Å². The highest BCUT2D eigenvalue weighted by Crippen LogP contribution is 2.23. The summed E-state index contributed by atoms with van der Waals surface area (Å²) < 4.78 is 13.0. The molecule has 1 N–H and O–H groups in total. The van der Waals surface area contributed by atoms with E-state index >= 15 is 0 Å². The number of aliphatic hydroxyl groups excluding tert-OH is 1. The van der Waals surface area contributed by atoms with E-state index in [0.717, 1.165) is 17.3 Å². The number of hydrogen-bond acceptors (Lipinski definition) is 3. The molecule has 2 aromatic heterocycles. The zero-order valence-electron chi connectivity index (χ0n) is 9.68. The number of aromatic nitrogens is 2. The molecule has 2 heterocycles. The lowest BCUT2D eigenvalue weighted by molar-refractivity contribution is 0.213. The Balaban J connectivity index is 2.40. The van der Waals surface area contributed by atoms with Gasteiger partial charge in [-0.2, -0.15) is 0 Å². The van der Waals surface area contributed by atoms with Gasteiger partial charge in [0.15, 0.2) is 0 Å². The molecule has 0 aromatic carbocycles. The average molecular weight is 232 g/mol. The third kappa shape index (κ3) is 2.47. The molecule has 1 atom stereocenters. The van der Waals surface area contributed by atoms with Crippen LogP contribution in [-0.4, -0.2) is 15.1 Å². The van der Waals surface area contributed by atoms with Gasteiger partial charge in [-0.05, 0) is 31.0 Å². The molecule has 0 spiro atoms.